The Morgan fingerprint density at radius 3 is 2.24 bits per heavy atom. The molecule has 2 aromatic rings. The highest BCUT2D eigenvalue weighted by molar-refractivity contribution is 5.89. The van der Waals surface area contributed by atoms with Gasteiger partial charge in [0.2, 0.25) is 5.91 Å². The number of nitrogens with one attached hydrogen (secondary N) is 2. The van der Waals surface area contributed by atoms with Crippen LogP contribution in [0.15, 0.2) is 48.5 Å². The molecule has 34 heavy (non-hydrogen) atoms. The first-order chi connectivity index (χ1) is 16.5. The number of fused-ring (bicyclic) bond motifs is 3. The Hall–Kier alpha value is -3.39. The highest BCUT2D eigenvalue weighted by Gasteiger charge is 2.32. The lowest BCUT2D eigenvalue weighted by molar-refractivity contribution is -0.140. The van der Waals surface area contributed by atoms with Gasteiger partial charge in [0.15, 0.2) is 0 Å². The molecule has 2 aliphatic carbocycles. The number of ether oxygens (including phenoxy) is 2. The molecule has 180 valence electrons. The summed E-state index contributed by atoms with van der Waals surface area (Å²) in [5.74, 6) is -1.87. The fraction of sp³-hybridized carbons (Fsp3) is 0.423. The lowest BCUT2D eigenvalue weighted by Crippen LogP contribution is -2.54. The minimum atomic E-state index is -1.24. The molecule has 0 bridgehead atoms. The molecule has 1 fully saturated rings. The van der Waals surface area contributed by atoms with Crippen LogP contribution < -0.4 is 10.6 Å². The van der Waals surface area contributed by atoms with E-state index in [1.165, 1.54) is 0 Å². The van der Waals surface area contributed by atoms with E-state index in [4.69, 9.17) is 9.47 Å². The van der Waals surface area contributed by atoms with E-state index in [1.54, 1.807) is 7.11 Å². The lowest BCUT2D eigenvalue weighted by Gasteiger charge is -2.32. The van der Waals surface area contributed by atoms with Gasteiger partial charge >= 0.3 is 12.1 Å². The molecule has 0 aromatic heterocycles. The Morgan fingerprint density at radius 1 is 1.00 bits per heavy atom. The third-order valence-corrected chi connectivity index (χ3v) is 6.66. The van der Waals surface area contributed by atoms with Gasteiger partial charge in [-0.3, -0.25) is 9.59 Å². The number of hydrogen-bond acceptors (Lipinski definition) is 5. The summed E-state index contributed by atoms with van der Waals surface area (Å²) in [7, 11) is 1.60. The first kappa shape index (κ1) is 23.8. The van der Waals surface area contributed by atoms with Crippen LogP contribution in [0, 0.1) is 0 Å². The van der Waals surface area contributed by atoms with Crippen molar-refractivity contribution >= 4 is 18.0 Å². The second kappa shape index (κ2) is 10.7. The van der Waals surface area contributed by atoms with Crippen molar-refractivity contribution in [2.24, 2.45) is 0 Å². The van der Waals surface area contributed by atoms with E-state index in [1.807, 2.05) is 48.5 Å². The fourth-order valence-electron chi connectivity index (χ4n) is 4.99. The summed E-state index contributed by atoms with van der Waals surface area (Å²) >= 11 is 0. The van der Waals surface area contributed by atoms with Gasteiger partial charge in [0.1, 0.15) is 12.6 Å². The van der Waals surface area contributed by atoms with Gasteiger partial charge in [0, 0.05) is 13.0 Å². The summed E-state index contributed by atoms with van der Waals surface area (Å²) in [6, 6.07) is 14.5. The van der Waals surface area contributed by atoms with Crippen LogP contribution in [-0.4, -0.2) is 55.0 Å². The van der Waals surface area contributed by atoms with Crippen LogP contribution in [-0.2, 0) is 19.1 Å². The average molecular weight is 467 g/mol. The van der Waals surface area contributed by atoms with Gasteiger partial charge in [0.25, 0.3) is 0 Å². The fourth-order valence-corrected chi connectivity index (χ4v) is 4.99. The Labute approximate surface area is 198 Å². The monoisotopic (exact) mass is 466 g/mol. The number of alkyl carbamates (subject to hydrolysis) is 1. The smallest absolute Gasteiger partial charge is 0.407 e. The van der Waals surface area contributed by atoms with Crippen LogP contribution in [0.3, 0.4) is 0 Å². The lowest BCUT2D eigenvalue weighted by atomic mass is 9.92. The van der Waals surface area contributed by atoms with Gasteiger partial charge in [-0.25, -0.2) is 4.79 Å². The molecule has 1 saturated carbocycles. The van der Waals surface area contributed by atoms with Crippen molar-refractivity contribution in [3.63, 3.8) is 0 Å². The average Bonchev–Trinajstić information content (AvgIpc) is 3.16. The molecule has 2 amide bonds. The van der Waals surface area contributed by atoms with Crippen LogP contribution in [0.25, 0.3) is 11.1 Å². The Balaban J connectivity index is 1.40. The van der Waals surface area contributed by atoms with Gasteiger partial charge in [0.05, 0.1) is 18.6 Å². The quantitative estimate of drug-likeness (QED) is 0.549. The molecule has 2 aliphatic rings. The number of carbonyl (C=O) groups excluding carboxylic acids is 2. The topological polar surface area (TPSA) is 114 Å². The van der Waals surface area contributed by atoms with E-state index < -0.39 is 30.4 Å². The molecule has 0 spiro atoms. The van der Waals surface area contributed by atoms with E-state index in [0.717, 1.165) is 47.9 Å². The molecule has 2 aromatic carbocycles. The number of amides is 2. The largest absolute Gasteiger partial charge is 0.481 e. The van der Waals surface area contributed by atoms with Gasteiger partial charge in [-0.15, -0.1) is 0 Å². The van der Waals surface area contributed by atoms with Crippen LogP contribution in [0.5, 0.6) is 0 Å². The van der Waals surface area contributed by atoms with Crippen molar-refractivity contribution in [3.05, 3.63) is 59.7 Å². The zero-order valence-electron chi connectivity index (χ0n) is 19.2. The predicted molar refractivity (Wildman–Crippen MR) is 125 cm³/mol. The van der Waals surface area contributed by atoms with Crippen molar-refractivity contribution in [1.82, 2.24) is 10.6 Å². The molecule has 3 atom stereocenters. The minimum Gasteiger partial charge on any atom is -0.481 e. The van der Waals surface area contributed by atoms with Crippen molar-refractivity contribution in [2.75, 3.05) is 13.7 Å². The number of carbonyl (C=O) groups is 3. The Kier molecular flexibility index (Phi) is 7.47. The van der Waals surface area contributed by atoms with E-state index in [0.29, 0.717) is 0 Å². The van der Waals surface area contributed by atoms with E-state index in [9.17, 15) is 19.5 Å². The molecule has 4 rings (SSSR count). The molecule has 0 radical (unpaired) electrons. The number of hydrogen-bond donors (Lipinski definition) is 3. The molecule has 8 heteroatoms. The summed E-state index contributed by atoms with van der Waals surface area (Å²) in [5, 5.41) is 14.6. The number of aliphatic carboxylic acids is 1. The summed E-state index contributed by atoms with van der Waals surface area (Å²) in [4.78, 5) is 36.8. The number of rotatable bonds is 8. The van der Waals surface area contributed by atoms with Crippen molar-refractivity contribution in [1.29, 1.82) is 0 Å². The van der Waals surface area contributed by atoms with E-state index in [2.05, 4.69) is 10.6 Å². The van der Waals surface area contributed by atoms with Crippen molar-refractivity contribution in [3.8, 4) is 11.1 Å². The van der Waals surface area contributed by atoms with Gasteiger partial charge in [-0.2, -0.15) is 0 Å². The van der Waals surface area contributed by atoms with Crippen LogP contribution >= 0.6 is 0 Å². The second-order valence-corrected chi connectivity index (χ2v) is 8.79. The van der Waals surface area contributed by atoms with Crippen molar-refractivity contribution in [2.45, 2.75) is 56.2 Å². The molecule has 3 N–H and O–H groups in total. The third kappa shape index (κ3) is 5.22. The Morgan fingerprint density at radius 2 is 1.62 bits per heavy atom. The molecular weight excluding hydrogens is 436 g/mol. The number of carboxylic acids is 1. The molecule has 0 aliphatic heterocycles. The maximum atomic E-state index is 12.8. The summed E-state index contributed by atoms with van der Waals surface area (Å²) < 4.78 is 10.9. The first-order valence-corrected chi connectivity index (χ1v) is 11.6. The zero-order valence-corrected chi connectivity index (χ0v) is 19.2. The van der Waals surface area contributed by atoms with Crippen LogP contribution in [0.4, 0.5) is 4.79 Å². The minimum absolute atomic E-state index is 0.0790. The van der Waals surface area contributed by atoms with E-state index >= 15 is 0 Å². The highest BCUT2D eigenvalue weighted by atomic mass is 16.5. The standard InChI is InChI=1S/C26H30N2O6/c1-33-23-13-7-6-12-21(23)27-25(31)22(14-24(29)30)28-26(32)34-15-20-18-10-4-2-8-16(18)17-9-3-5-11-19(17)20/h2-5,8-11,20-23H,6-7,12-15H2,1H3,(H,27,31)(H,28,32)(H,29,30). The summed E-state index contributed by atoms with van der Waals surface area (Å²) in [5.41, 5.74) is 4.35. The first-order valence-electron chi connectivity index (χ1n) is 11.6. The maximum Gasteiger partial charge on any atom is 0.407 e. The SMILES string of the molecule is COC1CCCCC1NC(=O)C(CC(=O)O)NC(=O)OCC1c2ccccc2-c2ccccc21. The van der Waals surface area contributed by atoms with Crippen molar-refractivity contribution < 1.29 is 29.0 Å². The highest BCUT2D eigenvalue weighted by Crippen LogP contribution is 2.44. The van der Waals surface area contributed by atoms with Crippen LogP contribution in [0.1, 0.15) is 49.1 Å². The molecular formula is C26H30N2O6. The molecule has 0 heterocycles. The van der Waals surface area contributed by atoms with E-state index in [-0.39, 0.29) is 24.7 Å². The zero-order chi connectivity index (χ0) is 24.1. The normalized spacial score (nSPS) is 20.0. The van der Waals surface area contributed by atoms with Gasteiger partial charge in [-0.05, 0) is 35.1 Å². The Bertz CT molecular complexity index is 1010. The van der Waals surface area contributed by atoms with Gasteiger partial charge < -0.3 is 25.2 Å². The number of benzene rings is 2. The van der Waals surface area contributed by atoms with Crippen LogP contribution in [0.2, 0.25) is 0 Å². The van der Waals surface area contributed by atoms with Gasteiger partial charge in [-0.1, -0.05) is 61.4 Å². The molecule has 8 nitrogen and oxygen atoms in total. The summed E-state index contributed by atoms with van der Waals surface area (Å²) in [6.07, 6.45) is 2.04. The second-order valence-electron chi connectivity index (χ2n) is 8.79. The predicted octanol–water partition coefficient (Wildman–Crippen LogP) is 3.44. The molecule has 3 unspecified atom stereocenters. The number of carboxylic acid groups (broad SMARTS) is 1. The number of methoxy groups -OCH3 is 1. The summed E-state index contributed by atoms with van der Waals surface area (Å²) in [6.45, 7) is 0.0790. The maximum absolute atomic E-state index is 12.8. The molecule has 0 saturated heterocycles. The third-order valence-electron chi connectivity index (χ3n) is 6.66.